The van der Waals surface area contributed by atoms with E-state index in [1.165, 1.54) is 12.1 Å². The third kappa shape index (κ3) is 2.93. The lowest BCUT2D eigenvalue weighted by molar-refractivity contribution is 0.616. The summed E-state index contributed by atoms with van der Waals surface area (Å²) in [6.07, 6.45) is 4.83. The summed E-state index contributed by atoms with van der Waals surface area (Å²) in [7, 11) is 0. The van der Waals surface area contributed by atoms with Crippen molar-refractivity contribution in [1.82, 2.24) is 14.5 Å². The van der Waals surface area contributed by atoms with E-state index < -0.39 is 5.82 Å². The standard InChI is InChI=1S/C19H20FN5OS/c20-14-7-13-16(26)4-6-25(12-1-2-12)18(13)23-19(14)24-5-3-11(9-24)15-10-27-17(8-21)22-15/h4,6-7,10-12H,1-3,5,8-9,21H2. The second kappa shape index (κ2) is 6.38. The number of pyridine rings is 2. The van der Waals surface area contributed by atoms with E-state index in [-0.39, 0.29) is 11.3 Å². The fourth-order valence-corrected chi connectivity index (χ4v) is 4.58. The molecule has 1 unspecified atom stereocenters. The summed E-state index contributed by atoms with van der Waals surface area (Å²) in [6.45, 7) is 1.83. The first kappa shape index (κ1) is 16.8. The Balaban J connectivity index is 1.50. The van der Waals surface area contributed by atoms with Gasteiger partial charge in [-0.3, -0.25) is 4.79 Å². The minimum atomic E-state index is -0.435. The molecule has 27 heavy (non-hydrogen) atoms. The first-order valence-electron chi connectivity index (χ1n) is 9.24. The Bertz CT molecular complexity index is 1070. The minimum Gasteiger partial charge on any atom is -0.353 e. The first-order chi connectivity index (χ1) is 13.1. The van der Waals surface area contributed by atoms with Gasteiger partial charge in [0.25, 0.3) is 0 Å². The highest BCUT2D eigenvalue weighted by molar-refractivity contribution is 7.09. The Hall–Kier alpha value is -2.32. The van der Waals surface area contributed by atoms with Crippen molar-refractivity contribution in [2.45, 2.75) is 37.8 Å². The third-order valence-corrected chi connectivity index (χ3v) is 6.31. The van der Waals surface area contributed by atoms with Crippen molar-refractivity contribution in [3.8, 4) is 0 Å². The van der Waals surface area contributed by atoms with Crippen LogP contribution in [-0.4, -0.2) is 27.6 Å². The summed E-state index contributed by atoms with van der Waals surface area (Å²) < 4.78 is 16.8. The van der Waals surface area contributed by atoms with E-state index in [0.717, 1.165) is 36.5 Å². The number of hydrogen-bond acceptors (Lipinski definition) is 6. The molecule has 6 nitrogen and oxygen atoms in total. The van der Waals surface area contributed by atoms with E-state index in [1.54, 1.807) is 17.5 Å². The van der Waals surface area contributed by atoms with E-state index in [2.05, 4.69) is 9.97 Å². The molecule has 8 heteroatoms. The average Bonchev–Trinajstić information content (AvgIpc) is 3.19. The fourth-order valence-electron chi connectivity index (χ4n) is 3.83. The second-order valence-corrected chi connectivity index (χ2v) is 8.23. The van der Waals surface area contributed by atoms with Crippen LogP contribution in [0.2, 0.25) is 0 Å². The number of rotatable bonds is 4. The van der Waals surface area contributed by atoms with Crippen LogP contribution < -0.4 is 16.1 Å². The molecule has 4 heterocycles. The molecule has 3 aromatic heterocycles. The highest BCUT2D eigenvalue weighted by Gasteiger charge is 2.30. The fraction of sp³-hybridized carbons (Fsp3) is 0.421. The van der Waals surface area contributed by atoms with Crippen LogP contribution in [0.5, 0.6) is 0 Å². The zero-order chi connectivity index (χ0) is 18.5. The maximum Gasteiger partial charge on any atom is 0.191 e. The lowest BCUT2D eigenvalue weighted by Gasteiger charge is -2.19. The molecule has 0 spiro atoms. The van der Waals surface area contributed by atoms with Gasteiger partial charge in [-0.2, -0.15) is 0 Å². The molecule has 1 aliphatic carbocycles. The number of halogens is 1. The van der Waals surface area contributed by atoms with Crippen molar-refractivity contribution in [2.75, 3.05) is 18.0 Å². The number of fused-ring (bicyclic) bond motifs is 1. The molecule has 0 radical (unpaired) electrons. The number of nitrogens with two attached hydrogens (primary N) is 1. The average molecular weight is 385 g/mol. The van der Waals surface area contributed by atoms with E-state index in [0.29, 0.717) is 36.0 Å². The van der Waals surface area contributed by atoms with E-state index in [4.69, 9.17) is 5.73 Å². The Morgan fingerprint density at radius 1 is 1.30 bits per heavy atom. The van der Waals surface area contributed by atoms with Crippen molar-refractivity contribution in [2.24, 2.45) is 5.73 Å². The summed E-state index contributed by atoms with van der Waals surface area (Å²) in [5.74, 6) is 0.147. The molecule has 5 rings (SSSR count). The van der Waals surface area contributed by atoms with E-state index in [9.17, 15) is 9.18 Å². The van der Waals surface area contributed by atoms with Crippen LogP contribution in [0.1, 0.15) is 41.9 Å². The van der Waals surface area contributed by atoms with Crippen LogP contribution in [0, 0.1) is 5.82 Å². The van der Waals surface area contributed by atoms with Crippen LogP contribution in [0.3, 0.4) is 0 Å². The first-order valence-corrected chi connectivity index (χ1v) is 10.1. The number of aromatic nitrogens is 3. The summed E-state index contributed by atoms with van der Waals surface area (Å²) in [4.78, 5) is 23.3. The van der Waals surface area contributed by atoms with E-state index in [1.807, 2.05) is 14.8 Å². The number of hydrogen-bond donors (Lipinski definition) is 1. The molecule has 2 fully saturated rings. The molecule has 3 aromatic rings. The molecule has 1 atom stereocenters. The Morgan fingerprint density at radius 2 is 2.15 bits per heavy atom. The molecular weight excluding hydrogens is 365 g/mol. The van der Waals surface area contributed by atoms with Gasteiger partial charge in [-0.25, -0.2) is 14.4 Å². The highest BCUT2D eigenvalue weighted by atomic mass is 32.1. The normalized spacial score (nSPS) is 19.9. The van der Waals surface area contributed by atoms with Crippen LogP contribution in [0.4, 0.5) is 10.2 Å². The summed E-state index contributed by atoms with van der Waals surface area (Å²) in [6, 6.07) is 3.22. The topological polar surface area (TPSA) is 77.0 Å². The lowest BCUT2D eigenvalue weighted by atomic mass is 10.1. The van der Waals surface area contributed by atoms with E-state index >= 15 is 0 Å². The van der Waals surface area contributed by atoms with Gasteiger partial charge in [0, 0.05) is 49.2 Å². The largest absolute Gasteiger partial charge is 0.353 e. The van der Waals surface area contributed by atoms with Gasteiger partial charge in [0.1, 0.15) is 10.7 Å². The van der Waals surface area contributed by atoms with Crippen molar-refractivity contribution in [1.29, 1.82) is 0 Å². The van der Waals surface area contributed by atoms with Gasteiger partial charge in [-0.1, -0.05) is 0 Å². The third-order valence-electron chi connectivity index (χ3n) is 5.42. The van der Waals surface area contributed by atoms with Crippen LogP contribution in [0.15, 0.2) is 28.5 Å². The Kier molecular flexibility index (Phi) is 3.98. The lowest BCUT2D eigenvalue weighted by Crippen LogP contribution is -2.23. The summed E-state index contributed by atoms with van der Waals surface area (Å²) >= 11 is 1.57. The van der Waals surface area contributed by atoms with Gasteiger partial charge in [0.15, 0.2) is 17.1 Å². The van der Waals surface area contributed by atoms with Crippen molar-refractivity contribution in [3.63, 3.8) is 0 Å². The zero-order valence-electron chi connectivity index (χ0n) is 14.8. The van der Waals surface area contributed by atoms with Gasteiger partial charge < -0.3 is 15.2 Å². The molecule has 0 bridgehead atoms. The molecule has 2 N–H and O–H groups in total. The molecule has 1 aliphatic heterocycles. The summed E-state index contributed by atoms with van der Waals surface area (Å²) in [5, 5.41) is 3.33. The van der Waals surface area contributed by atoms with Crippen molar-refractivity contribution >= 4 is 28.2 Å². The predicted molar refractivity (Wildman–Crippen MR) is 104 cm³/mol. The monoisotopic (exact) mass is 385 g/mol. The predicted octanol–water partition coefficient (Wildman–Crippen LogP) is 2.78. The van der Waals surface area contributed by atoms with Crippen molar-refractivity contribution < 1.29 is 4.39 Å². The van der Waals surface area contributed by atoms with Gasteiger partial charge in [-0.05, 0) is 25.3 Å². The maximum atomic E-state index is 14.8. The van der Waals surface area contributed by atoms with Crippen LogP contribution >= 0.6 is 11.3 Å². The molecule has 1 saturated heterocycles. The summed E-state index contributed by atoms with van der Waals surface area (Å²) in [5.41, 5.74) is 7.09. The number of nitrogens with zero attached hydrogens (tertiary/aromatic N) is 4. The number of thiazole rings is 1. The SMILES string of the molecule is NCc1nc(C2CCN(c3nc4c(cc3F)c(=O)ccn4C3CC3)C2)cs1. The van der Waals surface area contributed by atoms with Crippen LogP contribution in [0.25, 0.3) is 11.0 Å². The quantitative estimate of drug-likeness (QED) is 0.747. The molecule has 0 amide bonds. The van der Waals surface area contributed by atoms with Gasteiger partial charge in [-0.15, -0.1) is 11.3 Å². The molecule has 1 saturated carbocycles. The van der Waals surface area contributed by atoms with Crippen molar-refractivity contribution in [3.05, 3.63) is 50.5 Å². The van der Waals surface area contributed by atoms with Crippen LogP contribution in [-0.2, 0) is 6.54 Å². The Labute approximate surface area is 159 Å². The van der Waals surface area contributed by atoms with Gasteiger partial charge in [0.05, 0.1) is 11.1 Å². The van der Waals surface area contributed by atoms with Gasteiger partial charge >= 0.3 is 0 Å². The van der Waals surface area contributed by atoms with Gasteiger partial charge in [0.2, 0.25) is 0 Å². The maximum absolute atomic E-state index is 14.8. The molecular formula is C19H20FN5OS. The Morgan fingerprint density at radius 3 is 2.89 bits per heavy atom. The smallest absolute Gasteiger partial charge is 0.191 e. The number of anilines is 1. The zero-order valence-corrected chi connectivity index (χ0v) is 15.6. The molecule has 0 aromatic carbocycles. The second-order valence-electron chi connectivity index (χ2n) is 7.29. The molecule has 2 aliphatic rings. The molecule has 140 valence electrons. The minimum absolute atomic E-state index is 0.184. The highest BCUT2D eigenvalue weighted by Crippen LogP contribution is 2.37.